The third-order valence-electron chi connectivity index (χ3n) is 4.90. The van der Waals surface area contributed by atoms with Crippen molar-refractivity contribution in [2.24, 2.45) is 0 Å². The summed E-state index contributed by atoms with van der Waals surface area (Å²) in [6.07, 6.45) is 0. The molecule has 1 heterocycles. The van der Waals surface area contributed by atoms with Gasteiger partial charge < -0.3 is 10.2 Å². The third-order valence-corrected chi connectivity index (χ3v) is 7.99. The molecule has 2 aromatic rings. The molecule has 0 aliphatic carbocycles. The summed E-state index contributed by atoms with van der Waals surface area (Å²) in [6, 6.07) is 15.0. The molecule has 1 aliphatic heterocycles. The van der Waals surface area contributed by atoms with E-state index in [0.29, 0.717) is 26.2 Å². The lowest BCUT2D eigenvalue weighted by Gasteiger charge is -2.31. The zero-order chi connectivity index (χ0) is 20.9. The molecule has 1 amide bonds. The van der Waals surface area contributed by atoms with Crippen molar-refractivity contribution in [3.05, 3.63) is 54.1 Å². The van der Waals surface area contributed by atoms with Crippen LogP contribution in [0.25, 0.3) is 0 Å². The highest BCUT2D eigenvalue weighted by atomic mass is 32.2. The van der Waals surface area contributed by atoms with E-state index in [2.05, 4.69) is 5.32 Å². The van der Waals surface area contributed by atoms with E-state index in [-0.39, 0.29) is 17.3 Å². The number of nitrogens with zero attached hydrogens (tertiary/aromatic N) is 2. The Labute approximate surface area is 177 Å². The van der Waals surface area contributed by atoms with Gasteiger partial charge in [-0.2, -0.15) is 4.31 Å². The molecule has 0 fully saturated rings. The number of hydrogen-bond donors (Lipinski definition) is 1. The smallest absolute Gasteiger partial charge is 0.243 e. The Morgan fingerprint density at radius 2 is 1.86 bits per heavy atom. The Morgan fingerprint density at radius 1 is 1.14 bits per heavy atom. The molecule has 3 rings (SSSR count). The van der Waals surface area contributed by atoms with E-state index in [1.807, 2.05) is 55.1 Å². The zero-order valence-electron chi connectivity index (χ0n) is 16.8. The number of thioether (sulfide) groups is 1. The van der Waals surface area contributed by atoms with E-state index in [9.17, 15) is 13.2 Å². The van der Waals surface area contributed by atoms with Crippen LogP contribution in [0, 0.1) is 0 Å². The second-order valence-electron chi connectivity index (χ2n) is 6.75. The molecule has 2 aromatic carbocycles. The summed E-state index contributed by atoms with van der Waals surface area (Å²) in [5.41, 5.74) is 1.85. The second-order valence-corrected chi connectivity index (χ2v) is 9.83. The maximum absolute atomic E-state index is 12.9. The van der Waals surface area contributed by atoms with E-state index >= 15 is 0 Å². The van der Waals surface area contributed by atoms with Crippen LogP contribution in [0.4, 0.5) is 5.69 Å². The highest BCUT2D eigenvalue weighted by molar-refractivity contribution is 7.99. The first kappa shape index (κ1) is 21.7. The minimum atomic E-state index is -3.54. The highest BCUT2D eigenvalue weighted by Gasteiger charge is 2.26. The number of hydrogen-bond acceptors (Lipinski definition) is 5. The van der Waals surface area contributed by atoms with Gasteiger partial charge >= 0.3 is 0 Å². The molecule has 0 spiro atoms. The lowest BCUT2D eigenvalue weighted by atomic mass is 10.2. The van der Waals surface area contributed by atoms with Gasteiger partial charge in [0.15, 0.2) is 0 Å². The largest absolute Gasteiger partial charge is 0.360 e. The number of rotatable bonds is 8. The van der Waals surface area contributed by atoms with Gasteiger partial charge in [-0.1, -0.05) is 44.2 Å². The molecule has 0 aromatic heterocycles. The summed E-state index contributed by atoms with van der Waals surface area (Å²) in [7, 11) is -3.54. The Hall–Kier alpha value is -2.03. The van der Waals surface area contributed by atoms with Gasteiger partial charge in [0.05, 0.1) is 17.1 Å². The molecule has 29 heavy (non-hydrogen) atoms. The molecule has 0 bridgehead atoms. The fourth-order valence-electron chi connectivity index (χ4n) is 3.32. The van der Waals surface area contributed by atoms with Gasteiger partial charge in [-0.25, -0.2) is 8.42 Å². The Morgan fingerprint density at radius 3 is 2.55 bits per heavy atom. The van der Waals surface area contributed by atoms with Gasteiger partial charge in [-0.05, 0) is 23.8 Å². The Balaban J connectivity index is 1.76. The quantitative estimate of drug-likeness (QED) is 0.693. The molecule has 1 aliphatic rings. The van der Waals surface area contributed by atoms with Gasteiger partial charge in [0, 0.05) is 36.8 Å². The summed E-state index contributed by atoms with van der Waals surface area (Å²) in [4.78, 5) is 15.7. The van der Waals surface area contributed by atoms with Gasteiger partial charge in [0.2, 0.25) is 15.9 Å². The molecule has 6 nitrogen and oxygen atoms in total. The summed E-state index contributed by atoms with van der Waals surface area (Å²) in [5.74, 6) is 0.782. The predicted molar refractivity (Wildman–Crippen MR) is 118 cm³/mol. The topological polar surface area (TPSA) is 69.7 Å². The minimum absolute atomic E-state index is 0.0799. The first-order valence-electron chi connectivity index (χ1n) is 9.78. The average molecular weight is 434 g/mol. The van der Waals surface area contributed by atoms with Crippen molar-refractivity contribution in [2.45, 2.75) is 30.2 Å². The molecule has 8 heteroatoms. The molecule has 0 unspecified atom stereocenters. The molecule has 0 saturated heterocycles. The molecule has 1 N–H and O–H groups in total. The lowest BCUT2D eigenvalue weighted by Crippen LogP contribution is -2.39. The van der Waals surface area contributed by atoms with Crippen LogP contribution in [0.15, 0.2) is 58.3 Å². The number of nitrogens with one attached hydrogen (secondary N) is 1. The van der Waals surface area contributed by atoms with Crippen LogP contribution in [0.1, 0.15) is 19.4 Å². The van der Waals surface area contributed by atoms with Crippen LogP contribution in [0.5, 0.6) is 0 Å². The molecular formula is C21H27N3O3S2. The molecular weight excluding hydrogens is 406 g/mol. The standard InChI is InChI=1S/C21H27N3O3S2/c1-3-24(4-2)29(26,27)18-10-11-20-19(14-18)23(12-13-28-20)16-21(25)22-15-17-8-6-5-7-9-17/h5-11,14H,3-4,12-13,15-16H2,1-2H3,(H,22,25). The van der Waals surface area contributed by atoms with E-state index in [0.717, 1.165) is 21.9 Å². The first-order valence-corrected chi connectivity index (χ1v) is 12.2. The maximum Gasteiger partial charge on any atom is 0.243 e. The van der Waals surface area contributed by atoms with Gasteiger partial charge in [-0.15, -0.1) is 11.8 Å². The van der Waals surface area contributed by atoms with Crippen LogP contribution >= 0.6 is 11.8 Å². The number of sulfonamides is 1. The zero-order valence-corrected chi connectivity index (χ0v) is 18.4. The van der Waals surface area contributed by atoms with E-state index < -0.39 is 10.0 Å². The van der Waals surface area contributed by atoms with E-state index in [1.165, 1.54) is 4.31 Å². The number of carbonyl (C=O) groups excluding carboxylic acids is 1. The fourth-order valence-corrected chi connectivity index (χ4v) is 5.83. The van der Waals surface area contributed by atoms with E-state index in [4.69, 9.17) is 0 Å². The number of anilines is 1. The van der Waals surface area contributed by atoms with Crippen molar-refractivity contribution in [3.8, 4) is 0 Å². The number of carbonyl (C=O) groups is 1. The summed E-state index contributed by atoms with van der Waals surface area (Å²) in [6.45, 7) is 5.90. The normalized spacial score (nSPS) is 14.0. The third kappa shape index (κ3) is 5.12. The summed E-state index contributed by atoms with van der Waals surface area (Å²) >= 11 is 1.69. The summed E-state index contributed by atoms with van der Waals surface area (Å²) in [5, 5.41) is 2.94. The molecule has 156 valence electrons. The summed E-state index contributed by atoms with van der Waals surface area (Å²) < 4.78 is 27.2. The predicted octanol–water partition coefficient (Wildman–Crippen LogP) is 2.95. The highest BCUT2D eigenvalue weighted by Crippen LogP contribution is 2.36. The van der Waals surface area contributed by atoms with E-state index in [1.54, 1.807) is 23.9 Å². The van der Waals surface area contributed by atoms with Crippen molar-refractivity contribution in [2.75, 3.05) is 36.8 Å². The number of amides is 1. The van der Waals surface area contributed by atoms with Crippen molar-refractivity contribution < 1.29 is 13.2 Å². The first-order chi connectivity index (χ1) is 14.0. The lowest BCUT2D eigenvalue weighted by molar-refractivity contribution is -0.119. The van der Waals surface area contributed by atoms with Gasteiger partial charge in [0.25, 0.3) is 0 Å². The van der Waals surface area contributed by atoms with Crippen LogP contribution in [-0.4, -0.2) is 50.6 Å². The van der Waals surface area contributed by atoms with Gasteiger partial charge in [0.1, 0.15) is 0 Å². The Bertz CT molecular complexity index is 945. The van der Waals surface area contributed by atoms with Crippen molar-refractivity contribution >= 4 is 33.4 Å². The van der Waals surface area contributed by atoms with Crippen LogP contribution in [-0.2, 0) is 21.4 Å². The van der Waals surface area contributed by atoms with Gasteiger partial charge in [-0.3, -0.25) is 4.79 Å². The van der Waals surface area contributed by atoms with Crippen LogP contribution in [0.3, 0.4) is 0 Å². The molecule has 0 atom stereocenters. The average Bonchev–Trinajstić information content (AvgIpc) is 2.73. The molecule has 0 saturated carbocycles. The second kappa shape index (κ2) is 9.65. The van der Waals surface area contributed by atoms with Crippen molar-refractivity contribution in [1.82, 2.24) is 9.62 Å². The maximum atomic E-state index is 12.9. The van der Waals surface area contributed by atoms with Crippen molar-refractivity contribution in [1.29, 1.82) is 0 Å². The fraction of sp³-hybridized carbons (Fsp3) is 0.381. The monoisotopic (exact) mass is 433 g/mol. The molecule has 0 radical (unpaired) electrons. The van der Waals surface area contributed by atoms with Crippen LogP contribution < -0.4 is 10.2 Å². The number of fused-ring (bicyclic) bond motifs is 1. The Kier molecular flexibility index (Phi) is 7.21. The van der Waals surface area contributed by atoms with Crippen molar-refractivity contribution in [3.63, 3.8) is 0 Å². The SMILES string of the molecule is CCN(CC)S(=O)(=O)c1ccc2c(c1)N(CC(=O)NCc1ccccc1)CCS2. The van der Waals surface area contributed by atoms with Crippen LogP contribution in [0.2, 0.25) is 0 Å². The minimum Gasteiger partial charge on any atom is -0.360 e. The number of benzene rings is 2.